The van der Waals surface area contributed by atoms with Gasteiger partial charge in [-0.15, -0.1) is 0 Å². The average molecular weight is 302 g/mol. The highest BCUT2D eigenvalue weighted by Gasteiger charge is 2.09. The van der Waals surface area contributed by atoms with Crippen LogP contribution in [0.25, 0.3) is 5.69 Å². The summed E-state index contributed by atoms with van der Waals surface area (Å²) >= 11 is 0. The van der Waals surface area contributed by atoms with Gasteiger partial charge in [0.05, 0.1) is 18.6 Å². The molecule has 0 aliphatic carbocycles. The maximum absolute atomic E-state index is 12.8. The standard InChI is InChI=1S/C16H16F2N4/c1-2-15-19-6-7-21(15)9-13-10-22(11-20-13)14-5-3-4-12(8-14)16(17)18/h3-8,10-11,16H,2,9H2,1H3. The second-order valence-corrected chi connectivity index (χ2v) is 4.99. The van der Waals surface area contributed by atoms with Gasteiger partial charge in [-0.3, -0.25) is 0 Å². The number of nitrogens with zero attached hydrogens (tertiary/aromatic N) is 4. The third kappa shape index (κ3) is 2.90. The van der Waals surface area contributed by atoms with Gasteiger partial charge in [-0.2, -0.15) is 0 Å². The number of alkyl halides is 2. The number of hydrogen-bond donors (Lipinski definition) is 0. The van der Waals surface area contributed by atoms with Gasteiger partial charge in [0.1, 0.15) is 5.82 Å². The zero-order valence-corrected chi connectivity index (χ0v) is 12.2. The Morgan fingerprint density at radius 3 is 2.86 bits per heavy atom. The summed E-state index contributed by atoms with van der Waals surface area (Å²) in [6, 6.07) is 6.31. The maximum Gasteiger partial charge on any atom is 0.263 e. The lowest BCUT2D eigenvalue weighted by molar-refractivity contribution is 0.151. The van der Waals surface area contributed by atoms with Gasteiger partial charge in [-0.25, -0.2) is 18.7 Å². The van der Waals surface area contributed by atoms with E-state index < -0.39 is 6.43 Å². The maximum atomic E-state index is 12.8. The first-order chi connectivity index (χ1) is 10.7. The Morgan fingerprint density at radius 1 is 1.23 bits per heavy atom. The van der Waals surface area contributed by atoms with Gasteiger partial charge in [0.15, 0.2) is 0 Å². The van der Waals surface area contributed by atoms with Crippen LogP contribution in [0, 0.1) is 0 Å². The van der Waals surface area contributed by atoms with Crippen LogP contribution < -0.4 is 0 Å². The molecule has 2 aromatic heterocycles. The van der Waals surface area contributed by atoms with Crippen molar-refractivity contribution < 1.29 is 8.78 Å². The third-order valence-corrected chi connectivity index (χ3v) is 3.51. The number of aromatic nitrogens is 4. The van der Waals surface area contributed by atoms with E-state index in [1.807, 2.05) is 23.9 Å². The highest BCUT2D eigenvalue weighted by Crippen LogP contribution is 2.21. The number of benzene rings is 1. The normalized spacial score (nSPS) is 11.3. The molecule has 2 heterocycles. The Bertz CT molecular complexity index is 761. The molecule has 114 valence electrons. The zero-order chi connectivity index (χ0) is 15.5. The highest BCUT2D eigenvalue weighted by molar-refractivity contribution is 5.36. The van der Waals surface area contributed by atoms with Crippen LogP contribution in [0.1, 0.15) is 30.4 Å². The quantitative estimate of drug-likeness (QED) is 0.721. The lowest BCUT2D eigenvalue weighted by atomic mass is 10.2. The molecule has 3 rings (SSSR count). The first-order valence-corrected chi connectivity index (χ1v) is 7.08. The lowest BCUT2D eigenvalue weighted by Crippen LogP contribution is -2.03. The molecule has 0 atom stereocenters. The zero-order valence-electron chi connectivity index (χ0n) is 12.2. The van der Waals surface area contributed by atoms with Crippen LogP contribution in [0.5, 0.6) is 0 Å². The molecule has 0 aliphatic heterocycles. The Hall–Kier alpha value is -2.50. The van der Waals surface area contributed by atoms with Gasteiger partial charge >= 0.3 is 0 Å². The number of imidazole rings is 2. The second kappa shape index (κ2) is 6.09. The smallest absolute Gasteiger partial charge is 0.263 e. The summed E-state index contributed by atoms with van der Waals surface area (Å²) in [5.74, 6) is 0.995. The summed E-state index contributed by atoms with van der Waals surface area (Å²) in [6.07, 6.45) is 5.55. The Kier molecular flexibility index (Phi) is 4.00. The molecule has 0 saturated heterocycles. The SMILES string of the molecule is CCc1nccn1Cc1cn(-c2cccc(C(F)F)c2)cn1. The summed E-state index contributed by atoms with van der Waals surface area (Å²) < 4.78 is 29.3. The van der Waals surface area contributed by atoms with Gasteiger partial charge < -0.3 is 9.13 Å². The minimum absolute atomic E-state index is 0.00984. The molecule has 22 heavy (non-hydrogen) atoms. The summed E-state index contributed by atoms with van der Waals surface area (Å²) in [6.45, 7) is 2.66. The van der Waals surface area contributed by atoms with E-state index in [9.17, 15) is 8.78 Å². The molecule has 0 radical (unpaired) electrons. The van der Waals surface area contributed by atoms with Crippen molar-refractivity contribution in [3.05, 3.63) is 66.3 Å². The number of hydrogen-bond acceptors (Lipinski definition) is 2. The monoisotopic (exact) mass is 302 g/mol. The van der Waals surface area contributed by atoms with Gasteiger partial charge in [-0.05, 0) is 12.1 Å². The van der Waals surface area contributed by atoms with E-state index in [1.54, 1.807) is 29.2 Å². The van der Waals surface area contributed by atoms with Crippen molar-refractivity contribution in [2.75, 3.05) is 0 Å². The molecule has 0 aliphatic rings. The fourth-order valence-corrected chi connectivity index (χ4v) is 2.38. The van der Waals surface area contributed by atoms with Crippen LogP contribution in [0.2, 0.25) is 0 Å². The lowest BCUT2D eigenvalue weighted by Gasteiger charge is -2.05. The van der Waals surface area contributed by atoms with Crippen LogP contribution in [0.4, 0.5) is 8.78 Å². The molecular formula is C16H16F2N4. The van der Waals surface area contributed by atoms with Crippen molar-refractivity contribution in [3.8, 4) is 5.69 Å². The molecule has 4 nitrogen and oxygen atoms in total. The van der Waals surface area contributed by atoms with Crippen LogP contribution in [0.15, 0.2) is 49.2 Å². The fraction of sp³-hybridized carbons (Fsp3) is 0.250. The summed E-state index contributed by atoms with van der Waals surface area (Å²) in [4.78, 5) is 8.62. The van der Waals surface area contributed by atoms with Crippen LogP contribution in [0.3, 0.4) is 0 Å². The molecule has 0 fully saturated rings. The molecule has 0 unspecified atom stereocenters. The number of aryl methyl sites for hydroxylation is 1. The molecule has 1 aromatic carbocycles. The van der Waals surface area contributed by atoms with Crippen molar-refractivity contribution in [1.29, 1.82) is 0 Å². The van der Waals surface area contributed by atoms with Gasteiger partial charge in [0.25, 0.3) is 6.43 Å². The third-order valence-electron chi connectivity index (χ3n) is 3.51. The van der Waals surface area contributed by atoms with Crippen molar-refractivity contribution >= 4 is 0 Å². The fourth-order valence-electron chi connectivity index (χ4n) is 2.38. The largest absolute Gasteiger partial charge is 0.329 e. The van der Waals surface area contributed by atoms with Crippen LogP contribution in [-0.2, 0) is 13.0 Å². The van der Waals surface area contributed by atoms with E-state index in [4.69, 9.17) is 0 Å². The van der Waals surface area contributed by atoms with Gasteiger partial charge in [-0.1, -0.05) is 19.1 Å². The first kappa shape index (κ1) is 14.4. The molecule has 0 amide bonds. The predicted octanol–water partition coefficient (Wildman–Crippen LogP) is 3.62. The number of halogens is 2. The highest BCUT2D eigenvalue weighted by atomic mass is 19.3. The summed E-state index contributed by atoms with van der Waals surface area (Å²) in [7, 11) is 0. The van der Waals surface area contributed by atoms with Crippen molar-refractivity contribution in [2.45, 2.75) is 26.3 Å². The molecule has 6 heteroatoms. The Morgan fingerprint density at radius 2 is 2.09 bits per heavy atom. The van der Waals surface area contributed by atoms with E-state index in [0.29, 0.717) is 12.2 Å². The summed E-state index contributed by atoms with van der Waals surface area (Å²) in [5.41, 5.74) is 1.55. The van der Waals surface area contributed by atoms with E-state index >= 15 is 0 Å². The molecule has 3 aromatic rings. The molecule has 0 N–H and O–H groups in total. The van der Waals surface area contributed by atoms with Gasteiger partial charge in [0, 0.05) is 36.3 Å². The van der Waals surface area contributed by atoms with E-state index in [0.717, 1.165) is 17.9 Å². The summed E-state index contributed by atoms with van der Waals surface area (Å²) in [5, 5.41) is 0. The topological polar surface area (TPSA) is 35.6 Å². The average Bonchev–Trinajstić information content (AvgIpc) is 3.17. The first-order valence-electron chi connectivity index (χ1n) is 7.08. The molecule has 0 bridgehead atoms. The minimum Gasteiger partial charge on any atom is -0.329 e. The van der Waals surface area contributed by atoms with E-state index in [2.05, 4.69) is 9.97 Å². The van der Waals surface area contributed by atoms with Gasteiger partial charge in [0.2, 0.25) is 0 Å². The van der Waals surface area contributed by atoms with Crippen LogP contribution >= 0.6 is 0 Å². The molecule has 0 saturated carbocycles. The van der Waals surface area contributed by atoms with Crippen molar-refractivity contribution in [3.63, 3.8) is 0 Å². The predicted molar refractivity (Wildman–Crippen MR) is 79.2 cm³/mol. The Labute approximate surface area is 127 Å². The van der Waals surface area contributed by atoms with E-state index in [1.165, 1.54) is 12.1 Å². The second-order valence-electron chi connectivity index (χ2n) is 4.99. The van der Waals surface area contributed by atoms with Crippen LogP contribution in [-0.4, -0.2) is 19.1 Å². The van der Waals surface area contributed by atoms with Crippen molar-refractivity contribution in [2.24, 2.45) is 0 Å². The number of rotatable bonds is 5. The molecule has 0 spiro atoms. The Balaban J connectivity index is 1.83. The molecular weight excluding hydrogens is 286 g/mol. The van der Waals surface area contributed by atoms with Crippen molar-refractivity contribution in [1.82, 2.24) is 19.1 Å². The minimum atomic E-state index is -2.47. The van der Waals surface area contributed by atoms with E-state index in [-0.39, 0.29) is 5.56 Å².